The summed E-state index contributed by atoms with van der Waals surface area (Å²) in [5.74, 6) is 0.749. The van der Waals surface area contributed by atoms with E-state index in [9.17, 15) is 9.59 Å². The van der Waals surface area contributed by atoms with Gasteiger partial charge >= 0.3 is 0 Å². The second kappa shape index (κ2) is 4.94. The maximum absolute atomic E-state index is 11.0. The van der Waals surface area contributed by atoms with Crippen LogP contribution in [-0.4, -0.2) is 22.0 Å². The molecule has 1 atom stereocenters. The van der Waals surface area contributed by atoms with Gasteiger partial charge in [0.05, 0.1) is 6.54 Å². The molecule has 2 rings (SSSR count). The quantitative estimate of drug-likeness (QED) is 0.772. The molecule has 2 heterocycles. The molecule has 2 amide bonds. The number of carbonyl (C=O) groups excluding carboxylic acids is 2. The molecule has 0 aliphatic carbocycles. The molecule has 1 aromatic heterocycles. The van der Waals surface area contributed by atoms with Crippen LogP contribution in [0.2, 0.25) is 0 Å². The van der Waals surface area contributed by atoms with Gasteiger partial charge in [-0.15, -0.1) is 0 Å². The van der Waals surface area contributed by atoms with E-state index in [1.165, 1.54) is 0 Å². The van der Waals surface area contributed by atoms with Crippen LogP contribution in [-0.2, 0) is 16.1 Å². The van der Waals surface area contributed by atoms with Crippen LogP contribution in [0.4, 0.5) is 0 Å². The molecule has 0 radical (unpaired) electrons. The van der Waals surface area contributed by atoms with Crippen molar-refractivity contribution in [2.24, 2.45) is 0 Å². The summed E-state index contributed by atoms with van der Waals surface area (Å²) in [6, 6.07) is -0.189. The molecule has 0 saturated carbocycles. The molecule has 0 bridgehead atoms. The lowest BCUT2D eigenvalue weighted by Crippen LogP contribution is -2.22. The summed E-state index contributed by atoms with van der Waals surface area (Å²) < 4.78 is 5.04. The molecule has 1 fully saturated rings. The molecule has 0 unspecified atom stereocenters. The Hall–Kier alpha value is -1.92. The molecular weight excluding hydrogens is 224 g/mol. The molecule has 1 aromatic rings. The van der Waals surface area contributed by atoms with Gasteiger partial charge in [-0.1, -0.05) is 12.1 Å². The van der Waals surface area contributed by atoms with E-state index in [4.69, 9.17) is 4.52 Å². The van der Waals surface area contributed by atoms with Crippen LogP contribution >= 0.6 is 0 Å². The summed E-state index contributed by atoms with van der Waals surface area (Å²) in [7, 11) is 0. The number of amides is 2. The Morgan fingerprint density at radius 1 is 1.65 bits per heavy atom. The van der Waals surface area contributed by atoms with Gasteiger partial charge < -0.3 is 15.2 Å². The predicted molar refractivity (Wildman–Crippen MR) is 56.6 cm³/mol. The monoisotopic (exact) mass is 238 g/mol. The smallest absolute Gasteiger partial charge is 0.249 e. The van der Waals surface area contributed by atoms with E-state index in [2.05, 4.69) is 20.8 Å². The highest BCUT2D eigenvalue weighted by molar-refractivity contribution is 5.78. The first-order valence-corrected chi connectivity index (χ1v) is 5.57. The van der Waals surface area contributed by atoms with Crippen molar-refractivity contribution < 1.29 is 14.1 Å². The Bertz CT molecular complexity index is 429. The number of hydrogen-bond donors (Lipinski definition) is 2. The van der Waals surface area contributed by atoms with Crippen molar-refractivity contribution in [1.82, 2.24) is 20.8 Å². The largest absolute Gasteiger partial charge is 0.349 e. The van der Waals surface area contributed by atoms with Crippen LogP contribution in [0.3, 0.4) is 0 Å². The number of rotatable bonds is 4. The molecular formula is C10H14N4O3. The first-order valence-electron chi connectivity index (χ1n) is 5.57. The topological polar surface area (TPSA) is 97.1 Å². The highest BCUT2D eigenvalue weighted by Gasteiger charge is 2.27. The summed E-state index contributed by atoms with van der Waals surface area (Å²) in [6.07, 6.45) is 1.57. The minimum Gasteiger partial charge on any atom is -0.349 e. The van der Waals surface area contributed by atoms with Gasteiger partial charge in [0.1, 0.15) is 6.04 Å². The van der Waals surface area contributed by atoms with E-state index >= 15 is 0 Å². The molecule has 0 spiro atoms. The van der Waals surface area contributed by atoms with E-state index in [-0.39, 0.29) is 24.4 Å². The van der Waals surface area contributed by atoms with Crippen molar-refractivity contribution in [3.05, 3.63) is 11.7 Å². The van der Waals surface area contributed by atoms with Gasteiger partial charge in [0.25, 0.3) is 0 Å². The average Bonchev–Trinajstić information content (AvgIpc) is 2.94. The van der Waals surface area contributed by atoms with E-state index in [1.54, 1.807) is 6.92 Å². The Labute approximate surface area is 98.0 Å². The minimum absolute atomic E-state index is 0.00552. The maximum Gasteiger partial charge on any atom is 0.249 e. The zero-order valence-electron chi connectivity index (χ0n) is 9.52. The standard InChI is InChI=1S/C10H14N4O3/c1-2-8(15)11-5-7-13-10(17-14-7)6-3-4-9(16)12-6/h6H,2-5H2,1H3,(H,11,15)(H,12,16)/t6-/m0/s1. The van der Waals surface area contributed by atoms with Crippen LogP contribution in [0.1, 0.15) is 43.9 Å². The number of nitrogens with zero attached hydrogens (tertiary/aromatic N) is 2. The van der Waals surface area contributed by atoms with Crippen LogP contribution in [0.5, 0.6) is 0 Å². The van der Waals surface area contributed by atoms with Crippen LogP contribution in [0.15, 0.2) is 4.52 Å². The van der Waals surface area contributed by atoms with E-state index in [0.29, 0.717) is 31.0 Å². The van der Waals surface area contributed by atoms with Gasteiger partial charge in [-0.3, -0.25) is 9.59 Å². The van der Waals surface area contributed by atoms with Crippen molar-refractivity contribution in [2.45, 2.75) is 38.8 Å². The second-order valence-corrected chi connectivity index (χ2v) is 3.84. The Morgan fingerprint density at radius 2 is 2.47 bits per heavy atom. The molecule has 1 saturated heterocycles. The lowest BCUT2D eigenvalue weighted by Gasteiger charge is -2.01. The predicted octanol–water partition coefficient (Wildman–Crippen LogP) is 0.0469. The third kappa shape index (κ3) is 2.80. The fraction of sp³-hybridized carbons (Fsp3) is 0.600. The Morgan fingerprint density at radius 3 is 3.12 bits per heavy atom. The summed E-state index contributed by atoms with van der Waals surface area (Å²) in [6.45, 7) is 2.02. The van der Waals surface area contributed by atoms with Crippen molar-refractivity contribution in [2.75, 3.05) is 0 Å². The number of nitrogens with one attached hydrogen (secondary N) is 2. The van der Waals surface area contributed by atoms with E-state index in [0.717, 1.165) is 0 Å². The van der Waals surface area contributed by atoms with Gasteiger partial charge in [-0.2, -0.15) is 4.98 Å². The third-order valence-corrected chi connectivity index (χ3v) is 2.54. The van der Waals surface area contributed by atoms with Gasteiger partial charge in [0, 0.05) is 12.8 Å². The molecule has 7 nitrogen and oxygen atoms in total. The molecule has 1 aliphatic rings. The molecule has 7 heteroatoms. The van der Waals surface area contributed by atoms with Crippen molar-refractivity contribution in [3.63, 3.8) is 0 Å². The first kappa shape index (κ1) is 11.6. The number of carbonyl (C=O) groups is 2. The zero-order chi connectivity index (χ0) is 12.3. The first-order chi connectivity index (χ1) is 8.19. The van der Waals surface area contributed by atoms with Crippen LogP contribution < -0.4 is 10.6 Å². The number of hydrogen-bond acceptors (Lipinski definition) is 5. The third-order valence-electron chi connectivity index (χ3n) is 2.54. The fourth-order valence-electron chi connectivity index (χ4n) is 1.58. The summed E-state index contributed by atoms with van der Waals surface area (Å²) in [5, 5.41) is 9.13. The molecule has 0 aromatic carbocycles. The van der Waals surface area contributed by atoms with E-state index < -0.39 is 0 Å². The highest BCUT2D eigenvalue weighted by atomic mass is 16.5. The van der Waals surface area contributed by atoms with Crippen LogP contribution in [0, 0.1) is 0 Å². The van der Waals surface area contributed by atoms with Gasteiger partial charge in [-0.25, -0.2) is 0 Å². The zero-order valence-corrected chi connectivity index (χ0v) is 9.52. The summed E-state index contributed by atoms with van der Waals surface area (Å²) >= 11 is 0. The molecule has 1 aliphatic heterocycles. The van der Waals surface area contributed by atoms with Crippen molar-refractivity contribution >= 4 is 11.8 Å². The van der Waals surface area contributed by atoms with E-state index in [1.807, 2.05) is 0 Å². The molecule has 92 valence electrons. The lowest BCUT2D eigenvalue weighted by molar-refractivity contribution is -0.121. The molecule has 2 N–H and O–H groups in total. The normalized spacial score (nSPS) is 19.1. The van der Waals surface area contributed by atoms with Gasteiger partial charge in [-0.05, 0) is 6.42 Å². The van der Waals surface area contributed by atoms with Gasteiger partial charge in [0.15, 0.2) is 5.82 Å². The van der Waals surface area contributed by atoms with Gasteiger partial charge in [0.2, 0.25) is 17.7 Å². The fourth-order valence-corrected chi connectivity index (χ4v) is 1.58. The highest BCUT2D eigenvalue weighted by Crippen LogP contribution is 2.21. The SMILES string of the molecule is CCC(=O)NCc1noc([C@@H]2CCC(=O)N2)n1. The second-order valence-electron chi connectivity index (χ2n) is 3.84. The summed E-state index contributed by atoms with van der Waals surface area (Å²) in [5.41, 5.74) is 0. The average molecular weight is 238 g/mol. The van der Waals surface area contributed by atoms with Crippen molar-refractivity contribution in [3.8, 4) is 0 Å². The maximum atomic E-state index is 11.0. The minimum atomic E-state index is -0.189. The summed E-state index contributed by atoms with van der Waals surface area (Å²) in [4.78, 5) is 26.2. The Kier molecular flexibility index (Phi) is 3.36. The lowest BCUT2D eigenvalue weighted by atomic mass is 10.2. The van der Waals surface area contributed by atoms with Crippen molar-refractivity contribution in [1.29, 1.82) is 0 Å². The number of aromatic nitrogens is 2. The molecule has 17 heavy (non-hydrogen) atoms. The Balaban J connectivity index is 1.92. The van der Waals surface area contributed by atoms with Crippen LogP contribution in [0.25, 0.3) is 0 Å².